The van der Waals surface area contributed by atoms with Crippen molar-refractivity contribution in [1.29, 1.82) is 0 Å². The number of ether oxygens (including phenoxy) is 2. The summed E-state index contributed by atoms with van der Waals surface area (Å²) in [5.74, 6) is -0.0328. The van der Waals surface area contributed by atoms with Crippen LogP contribution in [0.15, 0.2) is 24.3 Å². The third kappa shape index (κ3) is 4.14. The van der Waals surface area contributed by atoms with Gasteiger partial charge in [0.05, 0.1) is 7.11 Å². The third-order valence-electron chi connectivity index (χ3n) is 2.02. The molecule has 0 heterocycles. The summed E-state index contributed by atoms with van der Waals surface area (Å²) in [7, 11) is 1.31. The van der Waals surface area contributed by atoms with Crippen LogP contribution in [0.4, 0.5) is 5.69 Å². The maximum atomic E-state index is 11.1. The Balaban J connectivity index is 2.62. The summed E-state index contributed by atoms with van der Waals surface area (Å²) in [6, 6.07) is 6.73. The Morgan fingerprint density at radius 2 is 1.82 bits per heavy atom. The van der Waals surface area contributed by atoms with E-state index in [1.54, 1.807) is 31.2 Å². The number of carbonyl (C=O) groups is 2. The molecule has 0 saturated heterocycles. The molecule has 0 unspecified atom stereocenters. The fraction of sp³-hybridized carbons (Fsp3) is 0.333. The van der Waals surface area contributed by atoms with Gasteiger partial charge in [0.15, 0.2) is 6.10 Å². The second-order valence-electron chi connectivity index (χ2n) is 3.49. The van der Waals surface area contributed by atoms with E-state index in [1.807, 2.05) is 0 Å². The van der Waals surface area contributed by atoms with Crippen molar-refractivity contribution in [2.45, 2.75) is 20.0 Å². The normalized spacial score (nSPS) is 11.5. The van der Waals surface area contributed by atoms with Gasteiger partial charge >= 0.3 is 5.97 Å². The summed E-state index contributed by atoms with van der Waals surface area (Å²) in [6.45, 7) is 3.04. The van der Waals surface area contributed by atoms with E-state index >= 15 is 0 Å². The minimum absolute atomic E-state index is 0.137. The predicted molar refractivity (Wildman–Crippen MR) is 62.9 cm³/mol. The van der Waals surface area contributed by atoms with Gasteiger partial charge in [0.2, 0.25) is 5.91 Å². The number of carbonyl (C=O) groups excluding carboxylic acids is 2. The predicted octanol–water partition coefficient (Wildman–Crippen LogP) is 1.59. The fourth-order valence-corrected chi connectivity index (χ4v) is 1.24. The molecule has 1 rings (SSSR count). The summed E-state index contributed by atoms with van der Waals surface area (Å²) in [6.07, 6.45) is -0.661. The second-order valence-corrected chi connectivity index (χ2v) is 3.49. The minimum Gasteiger partial charge on any atom is -0.479 e. The van der Waals surface area contributed by atoms with E-state index in [0.717, 1.165) is 0 Å². The van der Waals surface area contributed by atoms with E-state index < -0.39 is 12.1 Å². The summed E-state index contributed by atoms with van der Waals surface area (Å²) in [5, 5.41) is 2.63. The average molecular weight is 237 g/mol. The van der Waals surface area contributed by atoms with Crippen molar-refractivity contribution in [1.82, 2.24) is 0 Å². The number of hydrogen-bond donors (Lipinski definition) is 1. The quantitative estimate of drug-likeness (QED) is 0.807. The monoisotopic (exact) mass is 237 g/mol. The Bertz CT molecular complexity index is 399. The summed E-state index contributed by atoms with van der Waals surface area (Å²) >= 11 is 0. The molecule has 0 aliphatic heterocycles. The smallest absolute Gasteiger partial charge is 0.346 e. The molecule has 1 aromatic rings. The lowest BCUT2D eigenvalue weighted by Gasteiger charge is -2.12. The van der Waals surface area contributed by atoms with E-state index in [2.05, 4.69) is 10.1 Å². The van der Waals surface area contributed by atoms with Crippen molar-refractivity contribution in [2.75, 3.05) is 12.4 Å². The molecule has 0 saturated carbocycles. The number of benzene rings is 1. The van der Waals surface area contributed by atoms with Crippen LogP contribution in [-0.2, 0) is 14.3 Å². The van der Waals surface area contributed by atoms with Gasteiger partial charge in [-0.05, 0) is 31.2 Å². The molecule has 0 spiro atoms. The summed E-state index contributed by atoms with van der Waals surface area (Å²) < 4.78 is 9.88. The first kappa shape index (κ1) is 13.0. The van der Waals surface area contributed by atoms with Crippen LogP contribution in [0.5, 0.6) is 5.75 Å². The molecule has 0 radical (unpaired) electrons. The Morgan fingerprint density at radius 1 is 1.24 bits per heavy atom. The molecule has 17 heavy (non-hydrogen) atoms. The van der Waals surface area contributed by atoms with Gasteiger partial charge in [0.25, 0.3) is 0 Å². The molecule has 0 aliphatic rings. The van der Waals surface area contributed by atoms with Gasteiger partial charge in [-0.25, -0.2) is 4.79 Å². The lowest BCUT2D eigenvalue weighted by atomic mass is 10.3. The van der Waals surface area contributed by atoms with Crippen LogP contribution in [-0.4, -0.2) is 25.1 Å². The fourth-order valence-electron chi connectivity index (χ4n) is 1.24. The van der Waals surface area contributed by atoms with Crippen molar-refractivity contribution < 1.29 is 19.1 Å². The number of amides is 1. The topological polar surface area (TPSA) is 64.6 Å². The van der Waals surface area contributed by atoms with Gasteiger partial charge in [0, 0.05) is 12.6 Å². The first-order valence-electron chi connectivity index (χ1n) is 5.15. The van der Waals surface area contributed by atoms with Crippen LogP contribution < -0.4 is 10.1 Å². The van der Waals surface area contributed by atoms with Crippen molar-refractivity contribution in [3.63, 3.8) is 0 Å². The van der Waals surface area contributed by atoms with Gasteiger partial charge in [-0.2, -0.15) is 0 Å². The zero-order valence-corrected chi connectivity index (χ0v) is 10.0. The number of nitrogens with one attached hydrogen (secondary N) is 1. The minimum atomic E-state index is -0.661. The Hall–Kier alpha value is -2.04. The largest absolute Gasteiger partial charge is 0.479 e. The van der Waals surface area contributed by atoms with Crippen LogP contribution in [0.25, 0.3) is 0 Å². The van der Waals surface area contributed by atoms with Gasteiger partial charge < -0.3 is 14.8 Å². The van der Waals surface area contributed by atoms with Crippen LogP contribution >= 0.6 is 0 Å². The van der Waals surface area contributed by atoms with Crippen LogP contribution in [0.2, 0.25) is 0 Å². The molecule has 0 aromatic heterocycles. The molecule has 1 aromatic carbocycles. The molecule has 1 amide bonds. The number of methoxy groups -OCH3 is 1. The molecular formula is C12H15NO4. The van der Waals surface area contributed by atoms with Gasteiger partial charge in [0.1, 0.15) is 5.75 Å². The Morgan fingerprint density at radius 3 is 2.29 bits per heavy atom. The van der Waals surface area contributed by atoms with E-state index in [-0.39, 0.29) is 5.91 Å². The van der Waals surface area contributed by atoms with Crippen molar-refractivity contribution in [3.8, 4) is 5.75 Å². The first-order chi connectivity index (χ1) is 8.02. The van der Waals surface area contributed by atoms with Crippen molar-refractivity contribution >= 4 is 17.6 Å². The van der Waals surface area contributed by atoms with E-state index in [9.17, 15) is 9.59 Å². The maximum absolute atomic E-state index is 11.1. The maximum Gasteiger partial charge on any atom is 0.346 e. The molecule has 1 N–H and O–H groups in total. The number of esters is 1. The zero-order chi connectivity index (χ0) is 12.8. The molecule has 1 atom stereocenters. The highest BCUT2D eigenvalue weighted by Crippen LogP contribution is 2.17. The second kappa shape index (κ2) is 5.89. The highest BCUT2D eigenvalue weighted by Gasteiger charge is 2.14. The van der Waals surface area contributed by atoms with Crippen LogP contribution in [0.1, 0.15) is 13.8 Å². The zero-order valence-electron chi connectivity index (χ0n) is 10.0. The number of rotatable bonds is 4. The lowest BCUT2D eigenvalue weighted by molar-refractivity contribution is -0.147. The van der Waals surface area contributed by atoms with E-state index in [1.165, 1.54) is 14.0 Å². The molecule has 0 fully saturated rings. The molecule has 5 heteroatoms. The molecule has 0 aliphatic carbocycles. The molecule has 92 valence electrons. The van der Waals surface area contributed by atoms with Crippen molar-refractivity contribution in [2.24, 2.45) is 0 Å². The highest BCUT2D eigenvalue weighted by atomic mass is 16.6. The van der Waals surface area contributed by atoms with E-state index in [0.29, 0.717) is 11.4 Å². The molecule has 0 bridgehead atoms. The Labute approximate surface area is 99.7 Å². The number of hydrogen-bond acceptors (Lipinski definition) is 4. The van der Waals surface area contributed by atoms with Crippen molar-refractivity contribution in [3.05, 3.63) is 24.3 Å². The van der Waals surface area contributed by atoms with Gasteiger partial charge in [-0.15, -0.1) is 0 Å². The Kier molecular flexibility index (Phi) is 4.51. The first-order valence-corrected chi connectivity index (χ1v) is 5.15. The molecular weight excluding hydrogens is 222 g/mol. The summed E-state index contributed by atoms with van der Waals surface area (Å²) in [4.78, 5) is 21.9. The lowest BCUT2D eigenvalue weighted by Crippen LogP contribution is -2.24. The average Bonchev–Trinajstić information content (AvgIpc) is 2.30. The van der Waals surface area contributed by atoms with Crippen LogP contribution in [0, 0.1) is 0 Å². The van der Waals surface area contributed by atoms with Gasteiger partial charge in [-0.1, -0.05) is 0 Å². The van der Waals surface area contributed by atoms with Gasteiger partial charge in [-0.3, -0.25) is 4.79 Å². The van der Waals surface area contributed by atoms with E-state index in [4.69, 9.17) is 4.74 Å². The number of anilines is 1. The highest BCUT2D eigenvalue weighted by molar-refractivity contribution is 5.88. The summed E-state index contributed by atoms with van der Waals surface area (Å²) in [5.41, 5.74) is 0.676. The third-order valence-corrected chi connectivity index (χ3v) is 2.02. The SMILES string of the molecule is COC(=O)[C@@H](C)Oc1ccc(NC(C)=O)cc1. The van der Waals surface area contributed by atoms with Crippen LogP contribution in [0.3, 0.4) is 0 Å². The molecule has 5 nitrogen and oxygen atoms in total. The standard InChI is InChI=1S/C12H15NO4/c1-8(12(15)16-3)17-11-6-4-10(5-7-11)13-9(2)14/h4-8H,1-3H3,(H,13,14)/t8-/m1/s1.